The second kappa shape index (κ2) is 9.25. The first kappa shape index (κ1) is 19.8. The molecule has 0 saturated heterocycles. The minimum absolute atomic E-state index is 0.151. The Labute approximate surface area is 158 Å². The summed E-state index contributed by atoms with van der Waals surface area (Å²) in [6, 6.07) is 5.12. The van der Waals surface area contributed by atoms with Gasteiger partial charge in [-0.25, -0.2) is 4.79 Å². The van der Waals surface area contributed by atoms with Crippen LogP contribution in [-0.2, 0) is 14.3 Å². The number of esters is 1. The zero-order chi connectivity index (χ0) is 18.4. The van der Waals surface area contributed by atoms with Gasteiger partial charge in [-0.2, -0.15) is 0 Å². The van der Waals surface area contributed by atoms with Crippen LogP contribution in [0.4, 0.5) is 0 Å². The van der Waals surface area contributed by atoms with E-state index in [1.807, 2.05) is 0 Å². The highest BCUT2D eigenvalue weighted by atomic mass is 35.5. The van der Waals surface area contributed by atoms with Gasteiger partial charge in [0.05, 0.1) is 0 Å². The average molecular weight is 384 g/mol. The predicted molar refractivity (Wildman–Crippen MR) is 101 cm³/mol. The molecule has 1 amide bonds. The minimum atomic E-state index is -0.591. The summed E-state index contributed by atoms with van der Waals surface area (Å²) in [5.74, 6) is 0.164. The van der Waals surface area contributed by atoms with E-state index in [0.29, 0.717) is 27.4 Å². The van der Waals surface area contributed by atoms with Crippen LogP contribution in [-0.4, -0.2) is 24.5 Å². The Kier molecular flexibility index (Phi) is 7.33. The number of hydrogen-bond donors (Lipinski definition) is 1. The van der Waals surface area contributed by atoms with E-state index >= 15 is 0 Å². The third-order valence-electron chi connectivity index (χ3n) is 4.76. The molecule has 1 aromatic rings. The molecule has 3 atom stereocenters. The van der Waals surface area contributed by atoms with Crippen molar-refractivity contribution in [3.8, 4) is 0 Å². The molecule has 0 radical (unpaired) electrons. The first-order valence-electron chi connectivity index (χ1n) is 8.46. The van der Waals surface area contributed by atoms with Gasteiger partial charge in [-0.05, 0) is 42.0 Å². The van der Waals surface area contributed by atoms with Crippen molar-refractivity contribution >= 4 is 41.2 Å². The van der Waals surface area contributed by atoms with Crippen molar-refractivity contribution < 1.29 is 14.3 Å². The molecule has 0 heterocycles. The van der Waals surface area contributed by atoms with Crippen LogP contribution in [0.1, 0.15) is 38.7 Å². The van der Waals surface area contributed by atoms with Gasteiger partial charge in [-0.15, -0.1) is 0 Å². The molecule has 1 aliphatic rings. The molecule has 1 fully saturated rings. The molecular weight excluding hydrogens is 361 g/mol. The van der Waals surface area contributed by atoms with Crippen molar-refractivity contribution in [1.82, 2.24) is 5.32 Å². The smallest absolute Gasteiger partial charge is 0.331 e. The van der Waals surface area contributed by atoms with Gasteiger partial charge in [0.2, 0.25) is 0 Å². The number of carbonyl (C=O) groups is 2. The fourth-order valence-electron chi connectivity index (χ4n) is 3.01. The monoisotopic (exact) mass is 383 g/mol. The summed E-state index contributed by atoms with van der Waals surface area (Å²) in [6.07, 6.45) is 6.05. The van der Waals surface area contributed by atoms with Crippen LogP contribution in [0.2, 0.25) is 10.0 Å². The number of amides is 1. The zero-order valence-electron chi connectivity index (χ0n) is 14.4. The molecular formula is C19H23Cl2NO3. The van der Waals surface area contributed by atoms with E-state index in [2.05, 4.69) is 19.2 Å². The van der Waals surface area contributed by atoms with E-state index < -0.39 is 5.97 Å². The Morgan fingerprint density at radius 3 is 2.76 bits per heavy atom. The first-order chi connectivity index (χ1) is 11.9. The lowest BCUT2D eigenvalue weighted by Crippen LogP contribution is -2.45. The van der Waals surface area contributed by atoms with Gasteiger partial charge in [0.15, 0.2) is 6.61 Å². The topological polar surface area (TPSA) is 55.4 Å². The standard InChI is InChI=1S/C19H23Cl2NO3/c1-12-4-3-5-17(13(12)2)22-18(23)11-25-19(24)9-7-14-6-8-15(20)10-16(14)21/h6-10,12-13,17H,3-5,11H2,1-2H3,(H,22,23)/b9-7+/t12-,13-,17+/m1/s1. The lowest BCUT2D eigenvalue weighted by Gasteiger charge is -2.34. The molecule has 1 saturated carbocycles. The van der Waals surface area contributed by atoms with Crippen molar-refractivity contribution in [3.63, 3.8) is 0 Å². The van der Waals surface area contributed by atoms with Crippen LogP contribution in [0.5, 0.6) is 0 Å². The van der Waals surface area contributed by atoms with Crippen LogP contribution in [0, 0.1) is 11.8 Å². The maximum atomic E-state index is 12.0. The second-order valence-electron chi connectivity index (χ2n) is 6.55. The van der Waals surface area contributed by atoms with E-state index in [-0.39, 0.29) is 18.6 Å². The molecule has 6 heteroatoms. The molecule has 0 spiro atoms. The van der Waals surface area contributed by atoms with E-state index in [1.54, 1.807) is 18.2 Å². The lowest BCUT2D eigenvalue weighted by atomic mass is 9.78. The van der Waals surface area contributed by atoms with Crippen LogP contribution in [0.3, 0.4) is 0 Å². The molecule has 1 aliphatic carbocycles. The quantitative estimate of drug-likeness (QED) is 0.601. The molecule has 4 nitrogen and oxygen atoms in total. The second-order valence-corrected chi connectivity index (χ2v) is 7.39. The van der Waals surface area contributed by atoms with E-state index in [9.17, 15) is 9.59 Å². The zero-order valence-corrected chi connectivity index (χ0v) is 15.9. The Hall–Kier alpha value is -1.52. The van der Waals surface area contributed by atoms with Gasteiger partial charge in [0.25, 0.3) is 5.91 Å². The van der Waals surface area contributed by atoms with E-state index in [0.717, 1.165) is 12.8 Å². The van der Waals surface area contributed by atoms with Gasteiger partial charge < -0.3 is 10.1 Å². The van der Waals surface area contributed by atoms with Crippen LogP contribution >= 0.6 is 23.2 Å². The summed E-state index contributed by atoms with van der Waals surface area (Å²) in [6.45, 7) is 4.07. The normalized spacial score (nSPS) is 23.4. The Balaban J connectivity index is 1.79. The van der Waals surface area contributed by atoms with E-state index in [1.165, 1.54) is 18.6 Å². The van der Waals surface area contributed by atoms with Gasteiger partial charge in [-0.3, -0.25) is 4.79 Å². The van der Waals surface area contributed by atoms with Crippen molar-refractivity contribution in [2.45, 2.75) is 39.2 Å². The third kappa shape index (κ3) is 6.05. The van der Waals surface area contributed by atoms with Gasteiger partial charge in [0.1, 0.15) is 0 Å². The van der Waals surface area contributed by atoms with Crippen molar-refractivity contribution in [1.29, 1.82) is 0 Å². The summed E-state index contributed by atoms with van der Waals surface area (Å²) in [4.78, 5) is 23.7. The van der Waals surface area contributed by atoms with Crippen molar-refractivity contribution in [3.05, 3.63) is 39.9 Å². The molecule has 136 valence electrons. The molecule has 0 aromatic heterocycles. The molecule has 0 aliphatic heterocycles. The van der Waals surface area contributed by atoms with E-state index in [4.69, 9.17) is 27.9 Å². The molecule has 25 heavy (non-hydrogen) atoms. The van der Waals surface area contributed by atoms with Gasteiger partial charge >= 0.3 is 5.97 Å². The van der Waals surface area contributed by atoms with Gasteiger partial charge in [0, 0.05) is 22.2 Å². The van der Waals surface area contributed by atoms with Crippen molar-refractivity contribution in [2.75, 3.05) is 6.61 Å². The number of hydrogen-bond acceptors (Lipinski definition) is 3. The summed E-state index contributed by atoms with van der Waals surface area (Å²) >= 11 is 11.8. The minimum Gasteiger partial charge on any atom is -0.452 e. The number of halogens is 2. The number of nitrogens with one attached hydrogen (secondary N) is 1. The number of rotatable bonds is 5. The largest absolute Gasteiger partial charge is 0.452 e. The Morgan fingerprint density at radius 2 is 2.04 bits per heavy atom. The Bertz CT molecular complexity index is 660. The summed E-state index contributed by atoms with van der Waals surface area (Å²) < 4.78 is 4.99. The highest BCUT2D eigenvalue weighted by Crippen LogP contribution is 2.29. The van der Waals surface area contributed by atoms with Crippen LogP contribution < -0.4 is 5.32 Å². The fourth-order valence-corrected chi connectivity index (χ4v) is 3.48. The molecule has 2 rings (SSSR count). The molecule has 1 aromatic carbocycles. The number of ether oxygens (including phenoxy) is 1. The lowest BCUT2D eigenvalue weighted by molar-refractivity contribution is -0.144. The number of benzene rings is 1. The van der Waals surface area contributed by atoms with Gasteiger partial charge in [-0.1, -0.05) is 56.0 Å². The number of carbonyl (C=O) groups excluding carboxylic acids is 2. The maximum Gasteiger partial charge on any atom is 0.331 e. The molecule has 1 N–H and O–H groups in total. The third-order valence-corrected chi connectivity index (χ3v) is 5.32. The Morgan fingerprint density at radius 1 is 1.28 bits per heavy atom. The summed E-state index contributed by atoms with van der Waals surface area (Å²) in [5.41, 5.74) is 0.650. The molecule has 0 unspecified atom stereocenters. The highest BCUT2D eigenvalue weighted by Gasteiger charge is 2.28. The maximum absolute atomic E-state index is 12.0. The van der Waals surface area contributed by atoms with Crippen molar-refractivity contribution in [2.24, 2.45) is 11.8 Å². The van der Waals surface area contributed by atoms with Crippen LogP contribution in [0.15, 0.2) is 24.3 Å². The summed E-state index contributed by atoms with van der Waals surface area (Å²) in [5, 5.41) is 3.93. The first-order valence-corrected chi connectivity index (χ1v) is 9.21. The SMILES string of the molecule is C[C@@H]1[C@H](C)CCC[C@@H]1NC(=O)COC(=O)/C=C/c1ccc(Cl)cc1Cl. The van der Waals surface area contributed by atoms with Crippen LogP contribution in [0.25, 0.3) is 6.08 Å². The highest BCUT2D eigenvalue weighted by molar-refractivity contribution is 6.35. The fraction of sp³-hybridized carbons (Fsp3) is 0.474. The molecule has 0 bridgehead atoms. The predicted octanol–water partition coefficient (Wildman–Crippen LogP) is 4.49. The summed E-state index contributed by atoms with van der Waals surface area (Å²) in [7, 11) is 0. The average Bonchev–Trinajstić information content (AvgIpc) is 2.56.